The molecule has 0 saturated heterocycles. The fourth-order valence-corrected chi connectivity index (χ4v) is 3.89. The molecule has 1 amide bonds. The Morgan fingerprint density at radius 3 is 2.50 bits per heavy atom. The number of hydrogen-bond donors (Lipinski definition) is 1. The number of nitrogens with one attached hydrogen (secondary N) is 1. The van der Waals surface area contributed by atoms with Gasteiger partial charge in [0.05, 0.1) is 11.0 Å². The summed E-state index contributed by atoms with van der Waals surface area (Å²) in [5, 5.41) is 3.63. The van der Waals surface area contributed by atoms with Crippen LogP contribution >= 0.6 is 11.6 Å². The molecule has 4 nitrogen and oxygen atoms in total. The van der Waals surface area contributed by atoms with Crippen LogP contribution in [0.25, 0.3) is 11.0 Å². The highest BCUT2D eigenvalue weighted by Crippen LogP contribution is 2.19. The highest BCUT2D eigenvalue weighted by Gasteiger charge is 2.11. The van der Waals surface area contributed by atoms with Gasteiger partial charge in [0.15, 0.2) is 0 Å². The lowest BCUT2D eigenvalue weighted by atomic mass is 10.1. The second-order valence-corrected chi connectivity index (χ2v) is 8.24. The molecule has 1 heterocycles. The number of rotatable bonds is 12. The summed E-state index contributed by atoms with van der Waals surface area (Å²) in [4.78, 5) is 17.1. The number of aromatic nitrogens is 2. The summed E-state index contributed by atoms with van der Waals surface area (Å²) in [7, 11) is 0. The van der Waals surface area contributed by atoms with Gasteiger partial charge in [0.25, 0.3) is 5.91 Å². The Hall–Kier alpha value is -2.33. The topological polar surface area (TPSA) is 46.9 Å². The van der Waals surface area contributed by atoms with Crippen molar-refractivity contribution in [1.29, 1.82) is 0 Å². The number of fused-ring (bicyclic) bond motifs is 1. The Morgan fingerprint density at radius 1 is 0.967 bits per heavy atom. The lowest BCUT2D eigenvalue weighted by molar-refractivity contribution is 0.0953. The largest absolute Gasteiger partial charge is 0.352 e. The average molecular weight is 426 g/mol. The molecule has 0 bridgehead atoms. The molecule has 1 aromatic heterocycles. The van der Waals surface area contributed by atoms with Crippen LogP contribution in [0.15, 0.2) is 48.5 Å². The second kappa shape index (κ2) is 11.8. The molecule has 0 aliphatic rings. The first kappa shape index (κ1) is 22.4. The minimum absolute atomic E-state index is 0.0627. The Morgan fingerprint density at radius 2 is 1.70 bits per heavy atom. The standard InChI is InChI=1S/C25H32ClN3O/c1-2-3-4-5-6-9-19-29-23-12-8-7-11-22(23)28-24(29)13-10-18-27-25(30)20-14-16-21(26)17-15-20/h7-8,11-12,14-17H,2-6,9-10,13,18-19H2,1H3,(H,27,30). The molecular formula is C25H32ClN3O. The molecule has 3 aromatic rings. The van der Waals surface area contributed by atoms with Crippen LogP contribution in [0.3, 0.4) is 0 Å². The van der Waals surface area contributed by atoms with E-state index in [1.165, 1.54) is 44.0 Å². The number of carbonyl (C=O) groups excluding carboxylic acids is 1. The zero-order valence-electron chi connectivity index (χ0n) is 17.9. The van der Waals surface area contributed by atoms with E-state index in [0.717, 1.165) is 30.7 Å². The van der Waals surface area contributed by atoms with Gasteiger partial charge >= 0.3 is 0 Å². The van der Waals surface area contributed by atoms with E-state index < -0.39 is 0 Å². The number of imidazole rings is 1. The summed E-state index contributed by atoms with van der Waals surface area (Å²) in [5.74, 6) is 1.05. The minimum atomic E-state index is -0.0627. The van der Waals surface area contributed by atoms with Crippen molar-refractivity contribution in [1.82, 2.24) is 14.9 Å². The summed E-state index contributed by atoms with van der Waals surface area (Å²) in [6, 6.07) is 15.3. The number of para-hydroxylation sites is 2. The Labute approximate surface area is 184 Å². The van der Waals surface area contributed by atoms with Crippen LogP contribution in [0.5, 0.6) is 0 Å². The predicted molar refractivity (Wildman–Crippen MR) is 125 cm³/mol. The van der Waals surface area contributed by atoms with Gasteiger partial charge in [-0.25, -0.2) is 4.98 Å². The number of benzene rings is 2. The number of nitrogens with zero attached hydrogens (tertiary/aromatic N) is 2. The van der Waals surface area contributed by atoms with Crippen molar-refractivity contribution in [3.8, 4) is 0 Å². The maximum absolute atomic E-state index is 12.2. The second-order valence-electron chi connectivity index (χ2n) is 7.80. The van der Waals surface area contributed by atoms with Crippen molar-refractivity contribution in [2.45, 2.75) is 64.8 Å². The molecular weight excluding hydrogens is 394 g/mol. The van der Waals surface area contributed by atoms with E-state index in [4.69, 9.17) is 16.6 Å². The van der Waals surface area contributed by atoms with Crippen LogP contribution in [-0.2, 0) is 13.0 Å². The first-order valence-corrected chi connectivity index (χ1v) is 11.5. The molecule has 0 unspecified atom stereocenters. The highest BCUT2D eigenvalue weighted by molar-refractivity contribution is 6.30. The molecule has 0 spiro atoms. The maximum Gasteiger partial charge on any atom is 0.251 e. The fourth-order valence-electron chi connectivity index (χ4n) is 3.77. The zero-order valence-corrected chi connectivity index (χ0v) is 18.6. The van der Waals surface area contributed by atoms with E-state index in [1.54, 1.807) is 24.3 Å². The predicted octanol–water partition coefficient (Wildman–Crippen LogP) is 6.41. The zero-order chi connectivity index (χ0) is 21.2. The Balaban J connectivity index is 1.53. The number of halogens is 1. The third kappa shape index (κ3) is 6.33. The molecule has 0 aliphatic carbocycles. The first-order chi connectivity index (χ1) is 14.7. The Bertz CT molecular complexity index is 933. The molecule has 160 valence electrons. The van der Waals surface area contributed by atoms with Gasteiger partial charge in [0.1, 0.15) is 5.82 Å². The van der Waals surface area contributed by atoms with Crippen molar-refractivity contribution in [3.05, 3.63) is 64.9 Å². The Kier molecular flexibility index (Phi) is 8.76. The third-order valence-corrected chi connectivity index (χ3v) is 5.69. The number of carbonyl (C=O) groups is 1. The highest BCUT2D eigenvalue weighted by atomic mass is 35.5. The fraction of sp³-hybridized carbons (Fsp3) is 0.440. The number of aryl methyl sites for hydroxylation is 2. The van der Waals surface area contributed by atoms with E-state index >= 15 is 0 Å². The van der Waals surface area contributed by atoms with Crippen LogP contribution in [0.2, 0.25) is 5.02 Å². The monoisotopic (exact) mass is 425 g/mol. The molecule has 30 heavy (non-hydrogen) atoms. The quantitative estimate of drug-likeness (QED) is 0.340. The van der Waals surface area contributed by atoms with E-state index in [0.29, 0.717) is 17.1 Å². The summed E-state index contributed by atoms with van der Waals surface area (Å²) in [5.41, 5.74) is 2.91. The molecule has 1 N–H and O–H groups in total. The van der Waals surface area contributed by atoms with Crippen LogP contribution in [-0.4, -0.2) is 22.0 Å². The van der Waals surface area contributed by atoms with Crippen LogP contribution in [0.1, 0.15) is 68.1 Å². The van der Waals surface area contributed by atoms with E-state index in [-0.39, 0.29) is 5.91 Å². The smallest absolute Gasteiger partial charge is 0.251 e. The molecule has 0 aliphatic heterocycles. The van der Waals surface area contributed by atoms with Crippen molar-refractivity contribution >= 4 is 28.5 Å². The summed E-state index contributed by atoms with van der Waals surface area (Å²) in [6.45, 7) is 3.89. The minimum Gasteiger partial charge on any atom is -0.352 e. The van der Waals surface area contributed by atoms with Gasteiger partial charge in [0.2, 0.25) is 0 Å². The van der Waals surface area contributed by atoms with Gasteiger partial charge in [-0.3, -0.25) is 4.79 Å². The van der Waals surface area contributed by atoms with Gasteiger partial charge in [-0.05, 0) is 49.2 Å². The van der Waals surface area contributed by atoms with Gasteiger partial charge < -0.3 is 9.88 Å². The molecule has 3 rings (SSSR count). The molecule has 0 radical (unpaired) electrons. The van der Waals surface area contributed by atoms with Crippen molar-refractivity contribution in [2.75, 3.05) is 6.54 Å². The van der Waals surface area contributed by atoms with Crippen molar-refractivity contribution in [2.24, 2.45) is 0 Å². The average Bonchev–Trinajstić information content (AvgIpc) is 3.11. The summed E-state index contributed by atoms with van der Waals surface area (Å²) in [6.07, 6.45) is 9.43. The number of hydrogen-bond acceptors (Lipinski definition) is 2. The normalized spacial score (nSPS) is 11.1. The lowest BCUT2D eigenvalue weighted by Gasteiger charge is -2.10. The number of amides is 1. The lowest BCUT2D eigenvalue weighted by Crippen LogP contribution is -2.25. The first-order valence-electron chi connectivity index (χ1n) is 11.2. The van der Waals surface area contributed by atoms with E-state index in [1.807, 2.05) is 6.07 Å². The number of unbranched alkanes of at least 4 members (excludes halogenated alkanes) is 5. The van der Waals surface area contributed by atoms with Crippen LogP contribution < -0.4 is 5.32 Å². The molecule has 0 fully saturated rings. The summed E-state index contributed by atoms with van der Waals surface area (Å²) < 4.78 is 2.37. The van der Waals surface area contributed by atoms with Gasteiger partial charge in [-0.15, -0.1) is 0 Å². The molecule has 2 aromatic carbocycles. The van der Waals surface area contributed by atoms with Crippen LogP contribution in [0.4, 0.5) is 0 Å². The van der Waals surface area contributed by atoms with Crippen molar-refractivity contribution in [3.63, 3.8) is 0 Å². The maximum atomic E-state index is 12.2. The van der Waals surface area contributed by atoms with E-state index in [9.17, 15) is 4.79 Å². The van der Waals surface area contributed by atoms with Crippen LogP contribution in [0, 0.1) is 0 Å². The summed E-state index contributed by atoms with van der Waals surface area (Å²) >= 11 is 5.89. The van der Waals surface area contributed by atoms with Gasteiger partial charge in [-0.2, -0.15) is 0 Å². The SMILES string of the molecule is CCCCCCCCn1c(CCCNC(=O)c2ccc(Cl)cc2)nc2ccccc21. The van der Waals surface area contributed by atoms with Crippen molar-refractivity contribution < 1.29 is 4.79 Å². The van der Waals surface area contributed by atoms with Gasteiger partial charge in [0, 0.05) is 30.1 Å². The molecule has 0 saturated carbocycles. The van der Waals surface area contributed by atoms with E-state index in [2.05, 4.69) is 35.0 Å². The molecule has 0 atom stereocenters. The van der Waals surface area contributed by atoms with Gasteiger partial charge in [-0.1, -0.05) is 62.8 Å². The molecule has 5 heteroatoms. The third-order valence-electron chi connectivity index (χ3n) is 5.44.